The lowest BCUT2D eigenvalue weighted by molar-refractivity contribution is 0.0497. The third-order valence-electron chi connectivity index (χ3n) is 4.94. The second-order valence-electron chi connectivity index (χ2n) is 6.92. The Morgan fingerprint density at radius 3 is 2.61 bits per heavy atom. The molecule has 1 aliphatic heterocycles. The normalized spacial score (nSPS) is 14.9. The van der Waals surface area contributed by atoms with Gasteiger partial charge in [0.05, 0.1) is 12.3 Å². The highest BCUT2D eigenvalue weighted by molar-refractivity contribution is 6.31. The van der Waals surface area contributed by atoms with Crippen LogP contribution in [0.2, 0.25) is 5.02 Å². The SMILES string of the molecule is O=c1c(Cl)c(COc2cccc(OCC3CCOCC3)c2)[nH]c2ccccc12. The summed E-state index contributed by atoms with van der Waals surface area (Å²) in [6.45, 7) is 2.46. The van der Waals surface area contributed by atoms with E-state index in [1.807, 2.05) is 42.5 Å². The Bertz CT molecular complexity index is 1010. The van der Waals surface area contributed by atoms with Gasteiger partial charge in [-0.25, -0.2) is 0 Å². The zero-order valence-corrected chi connectivity index (χ0v) is 16.2. The quantitative estimate of drug-likeness (QED) is 0.659. The lowest BCUT2D eigenvalue weighted by Gasteiger charge is -2.22. The fourth-order valence-electron chi connectivity index (χ4n) is 3.30. The molecule has 2 heterocycles. The van der Waals surface area contributed by atoms with E-state index in [0.717, 1.165) is 37.3 Å². The smallest absolute Gasteiger partial charge is 0.208 e. The molecule has 1 saturated heterocycles. The number of para-hydroxylation sites is 1. The first-order valence-electron chi connectivity index (χ1n) is 9.43. The minimum Gasteiger partial charge on any atom is -0.493 e. The number of aromatic amines is 1. The maximum atomic E-state index is 12.4. The van der Waals surface area contributed by atoms with Crippen LogP contribution in [0.5, 0.6) is 11.5 Å². The van der Waals surface area contributed by atoms with Gasteiger partial charge >= 0.3 is 0 Å². The minimum absolute atomic E-state index is 0.158. The Labute approximate surface area is 168 Å². The number of pyridine rings is 1. The van der Waals surface area contributed by atoms with Gasteiger partial charge in [0.1, 0.15) is 23.1 Å². The highest BCUT2D eigenvalue weighted by atomic mass is 35.5. The number of aromatic nitrogens is 1. The van der Waals surface area contributed by atoms with Crippen molar-refractivity contribution >= 4 is 22.5 Å². The van der Waals surface area contributed by atoms with Gasteiger partial charge in [0, 0.05) is 30.2 Å². The number of rotatable bonds is 6. The summed E-state index contributed by atoms with van der Waals surface area (Å²) in [4.78, 5) is 15.6. The van der Waals surface area contributed by atoms with Crippen LogP contribution in [0.3, 0.4) is 0 Å². The molecular weight excluding hydrogens is 378 g/mol. The fraction of sp³-hybridized carbons (Fsp3) is 0.318. The van der Waals surface area contributed by atoms with Crippen molar-refractivity contribution in [1.82, 2.24) is 4.98 Å². The van der Waals surface area contributed by atoms with Crippen LogP contribution in [0.15, 0.2) is 53.3 Å². The topological polar surface area (TPSA) is 60.6 Å². The lowest BCUT2D eigenvalue weighted by atomic mass is 10.0. The van der Waals surface area contributed by atoms with Crippen LogP contribution in [0, 0.1) is 5.92 Å². The first-order chi connectivity index (χ1) is 13.7. The Morgan fingerprint density at radius 1 is 1.04 bits per heavy atom. The summed E-state index contributed by atoms with van der Waals surface area (Å²) in [7, 11) is 0. The second kappa shape index (κ2) is 8.67. The Balaban J connectivity index is 1.43. The molecule has 1 aliphatic rings. The van der Waals surface area contributed by atoms with Crippen molar-refractivity contribution in [3.05, 3.63) is 69.5 Å². The summed E-state index contributed by atoms with van der Waals surface area (Å²) >= 11 is 6.25. The number of H-pyrrole nitrogens is 1. The molecule has 0 aliphatic carbocycles. The first kappa shape index (κ1) is 18.8. The maximum Gasteiger partial charge on any atom is 0.208 e. The monoisotopic (exact) mass is 399 g/mol. The van der Waals surface area contributed by atoms with Crippen LogP contribution in [0.25, 0.3) is 10.9 Å². The standard InChI is InChI=1S/C22H22ClNO4/c23-21-20(24-19-7-2-1-6-18(19)22(21)25)14-28-17-5-3-4-16(12-17)27-13-15-8-10-26-11-9-15/h1-7,12,15H,8-11,13-14H2,(H,24,25). The van der Waals surface area contributed by atoms with Gasteiger partial charge in [0.15, 0.2) is 0 Å². The molecule has 1 fully saturated rings. The number of ether oxygens (including phenoxy) is 3. The van der Waals surface area contributed by atoms with Gasteiger partial charge in [-0.1, -0.05) is 29.8 Å². The average Bonchev–Trinajstić information content (AvgIpc) is 2.75. The zero-order chi connectivity index (χ0) is 19.3. The van der Waals surface area contributed by atoms with Gasteiger partial charge < -0.3 is 19.2 Å². The Kier molecular flexibility index (Phi) is 5.84. The minimum atomic E-state index is -0.192. The molecule has 0 radical (unpaired) electrons. The van der Waals surface area contributed by atoms with E-state index in [-0.39, 0.29) is 17.1 Å². The molecule has 0 spiro atoms. The van der Waals surface area contributed by atoms with Gasteiger partial charge in [-0.05, 0) is 43.0 Å². The van der Waals surface area contributed by atoms with Gasteiger partial charge in [0.25, 0.3) is 0 Å². The van der Waals surface area contributed by atoms with E-state index in [0.29, 0.717) is 29.4 Å². The number of benzene rings is 2. The van der Waals surface area contributed by atoms with Crippen molar-refractivity contribution in [2.45, 2.75) is 19.4 Å². The predicted molar refractivity (Wildman–Crippen MR) is 109 cm³/mol. The molecule has 0 atom stereocenters. The van der Waals surface area contributed by atoms with E-state index in [1.165, 1.54) is 0 Å². The average molecular weight is 400 g/mol. The molecule has 0 saturated carbocycles. The third-order valence-corrected chi connectivity index (χ3v) is 5.34. The van der Waals surface area contributed by atoms with Crippen molar-refractivity contribution in [3.8, 4) is 11.5 Å². The summed E-state index contributed by atoms with van der Waals surface area (Å²) in [6, 6.07) is 14.8. The van der Waals surface area contributed by atoms with Gasteiger partial charge in [0.2, 0.25) is 5.43 Å². The molecule has 28 heavy (non-hydrogen) atoms. The molecule has 6 heteroatoms. The van der Waals surface area contributed by atoms with Crippen molar-refractivity contribution in [2.75, 3.05) is 19.8 Å². The van der Waals surface area contributed by atoms with Crippen LogP contribution >= 0.6 is 11.6 Å². The molecule has 3 aromatic rings. The zero-order valence-electron chi connectivity index (χ0n) is 15.4. The molecular formula is C22H22ClNO4. The van der Waals surface area contributed by atoms with Gasteiger partial charge in [-0.3, -0.25) is 4.79 Å². The molecule has 1 N–H and O–H groups in total. The highest BCUT2D eigenvalue weighted by Crippen LogP contribution is 2.24. The van der Waals surface area contributed by atoms with Gasteiger partial charge in [-0.2, -0.15) is 0 Å². The second-order valence-corrected chi connectivity index (χ2v) is 7.30. The number of nitrogens with one attached hydrogen (secondary N) is 1. The summed E-state index contributed by atoms with van der Waals surface area (Å²) in [6.07, 6.45) is 2.06. The molecule has 0 amide bonds. The summed E-state index contributed by atoms with van der Waals surface area (Å²) < 4.78 is 17.2. The third kappa shape index (κ3) is 4.32. The van der Waals surface area contributed by atoms with Crippen molar-refractivity contribution in [3.63, 3.8) is 0 Å². The van der Waals surface area contributed by atoms with E-state index in [2.05, 4.69) is 4.98 Å². The Hall–Kier alpha value is -2.50. The van der Waals surface area contributed by atoms with Crippen LogP contribution < -0.4 is 14.9 Å². The van der Waals surface area contributed by atoms with E-state index in [1.54, 1.807) is 6.07 Å². The van der Waals surface area contributed by atoms with E-state index >= 15 is 0 Å². The number of hydrogen-bond donors (Lipinski definition) is 1. The predicted octanol–water partition coefficient (Wildman–Crippen LogP) is 4.57. The van der Waals surface area contributed by atoms with Crippen molar-refractivity contribution < 1.29 is 14.2 Å². The molecule has 4 rings (SSSR count). The van der Waals surface area contributed by atoms with E-state index in [9.17, 15) is 4.79 Å². The Morgan fingerprint density at radius 2 is 1.79 bits per heavy atom. The van der Waals surface area contributed by atoms with Crippen LogP contribution in [0.4, 0.5) is 0 Å². The number of hydrogen-bond acceptors (Lipinski definition) is 4. The van der Waals surface area contributed by atoms with E-state index < -0.39 is 0 Å². The largest absolute Gasteiger partial charge is 0.493 e. The summed E-state index contributed by atoms with van der Waals surface area (Å²) in [5.41, 5.74) is 1.10. The van der Waals surface area contributed by atoms with Crippen LogP contribution in [-0.2, 0) is 11.3 Å². The molecule has 1 aromatic heterocycles. The molecule has 0 bridgehead atoms. The fourth-order valence-corrected chi connectivity index (χ4v) is 3.50. The summed E-state index contributed by atoms with van der Waals surface area (Å²) in [5.74, 6) is 1.96. The van der Waals surface area contributed by atoms with Gasteiger partial charge in [-0.15, -0.1) is 0 Å². The highest BCUT2D eigenvalue weighted by Gasteiger charge is 2.15. The summed E-state index contributed by atoms with van der Waals surface area (Å²) in [5, 5.41) is 0.727. The maximum absolute atomic E-state index is 12.4. The molecule has 5 nitrogen and oxygen atoms in total. The van der Waals surface area contributed by atoms with Crippen LogP contribution in [-0.4, -0.2) is 24.8 Å². The first-order valence-corrected chi connectivity index (χ1v) is 9.81. The molecule has 0 unspecified atom stereocenters. The van der Waals surface area contributed by atoms with E-state index in [4.69, 9.17) is 25.8 Å². The molecule has 2 aromatic carbocycles. The lowest BCUT2D eigenvalue weighted by Crippen LogP contribution is -2.21. The van der Waals surface area contributed by atoms with Crippen molar-refractivity contribution in [2.24, 2.45) is 5.92 Å². The van der Waals surface area contributed by atoms with Crippen LogP contribution in [0.1, 0.15) is 18.5 Å². The molecule has 146 valence electrons. The van der Waals surface area contributed by atoms with Crippen molar-refractivity contribution in [1.29, 1.82) is 0 Å². The number of fused-ring (bicyclic) bond motifs is 1. The number of halogens is 1.